The second kappa shape index (κ2) is 14.3. The molecule has 0 radical (unpaired) electrons. The molecule has 0 saturated carbocycles. The van der Waals surface area contributed by atoms with Crippen LogP contribution in [0, 0.1) is 5.92 Å². The molecule has 1 saturated heterocycles. The summed E-state index contributed by atoms with van der Waals surface area (Å²) < 4.78 is 0. The number of carboxylic acid groups (broad SMARTS) is 1. The molecule has 0 unspecified atom stereocenters. The van der Waals surface area contributed by atoms with Gasteiger partial charge in [0.05, 0.1) is 12.5 Å². The van der Waals surface area contributed by atoms with E-state index < -0.39 is 90.2 Å². The number of nitrogens with one attached hydrogen (secondary N) is 6. The van der Waals surface area contributed by atoms with Crippen LogP contribution < -0.4 is 31.9 Å². The first-order valence-corrected chi connectivity index (χ1v) is 12.3. The van der Waals surface area contributed by atoms with E-state index in [1.807, 2.05) is 0 Å². The van der Waals surface area contributed by atoms with Gasteiger partial charge in [-0.3, -0.25) is 33.6 Å². The Morgan fingerprint density at radius 1 is 0.658 bits per heavy atom. The van der Waals surface area contributed by atoms with Gasteiger partial charge in [-0.25, -0.2) is 0 Å². The molecule has 0 spiro atoms. The second-order valence-corrected chi connectivity index (χ2v) is 9.77. The highest BCUT2D eigenvalue weighted by molar-refractivity contribution is 5.98. The molecule has 8 N–H and O–H groups in total. The fourth-order valence-electron chi connectivity index (χ4n) is 3.49. The van der Waals surface area contributed by atoms with Crippen molar-refractivity contribution in [3.05, 3.63) is 0 Å². The number of aliphatic hydroxyl groups excluding tert-OH is 1. The van der Waals surface area contributed by atoms with Gasteiger partial charge in [0.2, 0.25) is 35.4 Å². The molecular weight excluding hydrogens is 504 g/mol. The van der Waals surface area contributed by atoms with E-state index in [9.17, 15) is 43.8 Å². The van der Waals surface area contributed by atoms with Crippen molar-refractivity contribution in [3.8, 4) is 0 Å². The van der Waals surface area contributed by atoms with E-state index in [1.54, 1.807) is 13.8 Å². The number of carbonyl (C=O) groups excluding carboxylic acids is 6. The minimum atomic E-state index is -1.67. The smallest absolute Gasteiger partial charge is 0.305 e. The van der Waals surface area contributed by atoms with Gasteiger partial charge < -0.3 is 42.1 Å². The zero-order valence-corrected chi connectivity index (χ0v) is 22.3. The summed E-state index contributed by atoms with van der Waals surface area (Å²) in [5, 5.41) is 33.5. The molecule has 15 nitrogen and oxygen atoms in total. The molecule has 214 valence electrons. The molecule has 38 heavy (non-hydrogen) atoms. The number of carboxylic acids is 1. The fourth-order valence-corrected chi connectivity index (χ4v) is 3.49. The number of hydrogen-bond acceptors (Lipinski definition) is 8. The summed E-state index contributed by atoms with van der Waals surface area (Å²) in [6, 6.07) is -7.91. The van der Waals surface area contributed by atoms with Crippen LogP contribution in [0.5, 0.6) is 0 Å². The standard InChI is InChI=1S/C23H38N6O9/c1-9(2)7-14-21(36)28-15(8-16(31)32)22(37)29-17(13(6)30)23(38)26-11(4)19(34)24-10(3)18(33)25-12(5)20(35)27-14/h9-15,17,30H,7-8H2,1-6H3,(H,24,34)(H,25,33)(H,26,38)(H,27,35)(H,28,36)(H,29,37)(H,31,32)/t10-,11+,12+,13+,14-,15-,17+/m0/s1. The highest BCUT2D eigenvalue weighted by Crippen LogP contribution is 2.08. The van der Waals surface area contributed by atoms with E-state index in [0.717, 1.165) is 0 Å². The minimum absolute atomic E-state index is 0.110. The summed E-state index contributed by atoms with van der Waals surface area (Å²) in [6.45, 7) is 8.76. The minimum Gasteiger partial charge on any atom is -0.481 e. The Hall–Kier alpha value is -3.75. The molecule has 6 amide bonds. The Labute approximate surface area is 220 Å². The number of amides is 6. The number of rotatable bonds is 5. The number of aliphatic carboxylic acids is 1. The lowest BCUT2D eigenvalue weighted by Gasteiger charge is -2.28. The maximum absolute atomic E-state index is 13.0. The highest BCUT2D eigenvalue weighted by atomic mass is 16.4. The van der Waals surface area contributed by atoms with Gasteiger partial charge in [-0.1, -0.05) is 13.8 Å². The quantitative estimate of drug-likeness (QED) is 0.175. The van der Waals surface area contributed by atoms with Gasteiger partial charge in [0.1, 0.15) is 36.3 Å². The predicted molar refractivity (Wildman–Crippen MR) is 132 cm³/mol. The third-order valence-corrected chi connectivity index (χ3v) is 5.67. The topological polar surface area (TPSA) is 232 Å². The normalized spacial score (nSPS) is 29.5. The van der Waals surface area contributed by atoms with Crippen molar-refractivity contribution in [1.29, 1.82) is 0 Å². The summed E-state index contributed by atoms with van der Waals surface area (Å²) >= 11 is 0. The summed E-state index contributed by atoms with van der Waals surface area (Å²) in [7, 11) is 0. The number of aliphatic hydroxyl groups is 1. The molecule has 0 bridgehead atoms. The van der Waals surface area contributed by atoms with Gasteiger partial charge in [0.25, 0.3) is 0 Å². The third-order valence-electron chi connectivity index (χ3n) is 5.67. The van der Waals surface area contributed by atoms with Crippen LogP contribution in [0.3, 0.4) is 0 Å². The highest BCUT2D eigenvalue weighted by Gasteiger charge is 2.35. The molecular formula is C23H38N6O9. The molecule has 0 aromatic heterocycles. The lowest BCUT2D eigenvalue weighted by molar-refractivity contribution is -0.142. The van der Waals surface area contributed by atoms with Crippen LogP contribution in [0.1, 0.15) is 54.4 Å². The SMILES string of the molecule is CC(C)C[C@@H]1NC(=O)[C@@H](C)NC(=O)[C@H](C)NC(=O)[C@@H](C)NC(=O)[C@@H]([C@@H](C)O)NC(=O)[C@H](CC(=O)O)NC1=O. The summed E-state index contributed by atoms with van der Waals surface area (Å²) in [5.41, 5.74) is 0. The van der Waals surface area contributed by atoms with E-state index in [1.165, 1.54) is 27.7 Å². The first kappa shape index (κ1) is 32.3. The lowest BCUT2D eigenvalue weighted by Crippen LogP contribution is -2.62. The van der Waals surface area contributed by atoms with E-state index >= 15 is 0 Å². The van der Waals surface area contributed by atoms with E-state index in [4.69, 9.17) is 0 Å². The van der Waals surface area contributed by atoms with Crippen LogP contribution in [-0.4, -0.2) is 94.0 Å². The van der Waals surface area contributed by atoms with Crippen molar-refractivity contribution < 1.29 is 43.8 Å². The van der Waals surface area contributed by atoms with Gasteiger partial charge in [-0.2, -0.15) is 0 Å². The molecule has 1 heterocycles. The zero-order chi connectivity index (χ0) is 29.3. The molecule has 1 rings (SSSR count). The Bertz CT molecular complexity index is 938. The summed E-state index contributed by atoms with van der Waals surface area (Å²) in [6.07, 6.45) is -2.22. The van der Waals surface area contributed by atoms with Gasteiger partial charge in [0.15, 0.2) is 0 Å². The first-order chi connectivity index (χ1) is 17.5. The Balaban J connectivity index is 3.43. The second-order valence-electron chi connectivity index (χ2n) is 9.77. The van der Waals surface area contributed by atoms with Crippen molar-refractivity contribution in [2.45, 2.75) is 96.7 Å². The number of hydrogen-bond donors (Lipinski definition) is 8. The summed E-state index contributed by atoms with van der Waals surface area (Å²) in [5.74, 6) is -6.65. The Morgan fingerprint density at radius 3 is 1.47 bits per heavy atom. The predicted octanol–water partition coefficient (Wildman–Crippen LogP) is -3.13. The molecule has 1 aliphatic heterocycles. The fraction of sp³-hybridized carbons (Fsp3) is 0.696. The third kappa shape index (κ3) is 9.95. The van der Waals surface area contributed by atoms with Crippen LogP contribution in [0.4, 0.5) is 0 Å². The molecule has 0 aromatic rings. The van der Waals surface area contributed by atoms with Crippen LogP contribution in [-0.2, 0) is 33.6 Å². The molecule has 0 aromatic carbocycles. The molecule has 15 heteroatoms. The van der Waals surface area contributed by atoms with Crippen molar-refractivity contribution in [3.63, 3.8) is 0 Å². The average Bonchev–Trinajstić information content (AvgIpc) is 2.79. The van der Waals surface area contributed by atoms with Gasteiger partial charge in [-0.15, -0.1) is 0 Å². The van der Waals surface area contributed by atoms with Gasteiger partial charge >= 0.3 is 5.97 Å². The molecule has 0 aliphatic carbocycles. The van der Waals surface area contributed by atoms with Crippen LogP contribution in [0.25, 0.3) is 0 Å². The largest absolute Gasteiger partial charge is 0.481 e. The van der Waals surface area contributed by atoms with Crippen molar-refractivity contribution in [1.82, 2.24) is 31.9 Å². The van der Waals surface area contributed by atoms with Crippen LogP contribution in [0.2, 0.25) is 0 Å². The maximum Gasteiger partial charge on any atom is 0.305 e. The molecule has 1 fully saturated rings. The number of carbonyl (C=O) groups is 7. The van der Waals surface area contributed by atoms with E-state index in [2.05, 4.69) is 31.9 Å². The monoisotopic (exact) mass is 542 g/mol. The lowest BCUT2D eigenvalue weighted by atomic mass is 10.0. The van der Waals surface area contributed by atoms with E-state index in [-0.39, 0.29) is 12.3 Å². The first-order valence-electron chi connectivity index (χ1n) is 12.3. The molecule has 1 aliphatic rings. The maximum atomic E-state index is 13.0. The summed E-state index contributed by atoms with van der Waals surface area (Å²) in [4.78, 5) is 87.9. The Kier molecular flexibility index (Phi) is 12.1. The zero-order valence-electron chi connectivity index (χ0n) is 22.3. The van der Waals surface area contributed by atoms with Crippen molar-refractivity contribution >= 4 is 41.4 Å². The van der Waals surface area contributed by atoms with Crippen molar-refractivity contribution in [2.24, 2.45) is 5.92 Å². The average molecular weight is 543 g/mol. The molecule has 7 atom stereocenters. The van der Waals surface area contributed by atoms with E-state index in [0.29, 0.717) is 0 Å². The van der Waals surface area contributed by atoms with Crippen LogP contribution >= 0.6 is 0 Å². The van der Waals surface area contributed by atoms with Crippen molar-refractivity contribution in [2.75, 3.05) is 0 Å². The Morgan fingerprint density at radius 2 is 1.05 bits per heavy atom. The van der Waals surface area contributed by atoms with Gasteiger partial charge in [0, 0.05) is 0 Å². The van der Waals surface area contributed by atoms with Gasteiger partial charge in [-0.05, 0) is 40.0 Å². The van der Waals surface area contributed by atoms with Crippen LogP contribution in [0.15, 0.2) is 0 Å².